The number of anilines is 1. The zero-order chi connectivity index (χ0) is 19.7. The second kappa shape index (κ2) is 7.47. The number of hydrogen-bond acceptors (Lipinski definition) is 5. The van der Waals surface area contributed by atoms with Gasteiger partial charge in [0.15, 0.2) is 6.61 Å². The Kier molecular flexibility index (Phi) is 4.87. The summed E-state index contributed by atoms with van der Waals surface area (Å²) >= 11 is 0. The van der Waals surface area contributed by atoms with Gasteiger partial charge in [-0.2, -0.15) is 0 Å². The van der Waals surface area contributed by atoms with Crippen molar-refractivity contribution >= 4 is 17.5 Å². The third-order valence-corrected chi connectivity index (χ3v) is 4.69. The molecule has 0 atom stereocenters. The number of fused-ring (bicyclic) bond motifs is 1. The SMILES string of the molecule is COc1cccc(COC2CN(C(=O)c3cc4c(cc3F)OCC(=O)N4)C2)c1. The van der Waals surface area contributed by atoms with Crippen LogP contribution in [0.4, 0.5) is 10.1 Å². The van der Waals surface area contributed by atoms with Gasteiger partial charge >= 0.3 is 0 Å². The summed E-state index contributed by atoms with van der Waals surface area (Å²) in [6.45, 7) is 0.989. The van der Waals surface area contributed by atoms with Crippen LogP contribution in [0.25, 0.3) is 0 Å². The molecule has 0 bridgehead atoms. The zero-order valence-electron chi connectivity index (χ0n) is 15.2. The van der Waals surface area contributed by atoms with Crippen LogP contribution >= 0.6 is 0 Å². The molecule has 0 spiro atoms. The maximum atomic E-state index is 14.3. The fourth-order valence-corrected chi connectivity index (χ4v) is 3.12. The molecule has 2 aromatic rings. The quantitative estimate of drug-likeness (QED) is 0.853. The van der Waals surface area contributed by atoms with Gasteiger partial charge in [-0.3, -0.25) is 9.59 Å². The Morgan fingerprint density at radius 1 is 1.32 bits per heavy atom. The lowest BCUT2D eigenvalue weighted by atomic mass is 10.1. The number of likely N-dealkylation sites (tertiary alicyclic amines) is 1. The normalized spacial score (nSPS) is 15.9. The number of carbonyl (C=O) groups is 2. The van der Waals surface area contributed by atoms with Crippen molar-refractivity contribution in [3.05, 3.63) is 53.3 Å². The van der Waals surface area contributed by atoms with Crippen LogP contribution in [0.1, 0.15) is 15.9 Å². The van der Waals surface area contributed by atoms with Crippen molar-refractivity contribution in [2.45, 2.75) is 12.7 Å². The molecule has 4 rings (SSSR count). The number of nitrogens with one attached hydrogen (secondary N) is 1. The number of halogens is 1. The van der Waals surface area contributed by atoms with Gasteiger partial charge < -0.3 is 24.4 Å². The van der Waals surface area contributed by atoms with Gasteiger partial charge in [0.05, 0.1) is 31.1 Å². The number of methoxy groups -OCH3 is 1. The highest BCUT2D eigenvalue weighted by atomic mass is 19.1. The molecule has 0 radical (unpaired) electrons. The van der Waals surface area contributed by atoms with E-state index >= 15 is 0 Å². The van der Waals surface area contributed by atoms with E-state index in [4.69, 9.17) is 14.2 Å². The maximum absolute atomic E-state index is 14.3. The molecule has 2 aliphatic rings. The van der Waals surface area contributed by atoms with Crippen molar-refractivity contribution < 1.29 is 28.2 Å². The monoisotopic (exact) mass is 386 g/mol. The summed E-state index contributed by atoms with van der Waals surface area (Å²) in [5.74, 6) is -0.489. The lowest BCUT2D eigenvalue weighted by Gasteiger charge is -2.39. The number of rotatable bonds is 5. The molecule has 0 saturated carbocycles. The molecule has 2 aromatic carbocycles. The average Bonchev–Trinajstić information content (AvgIpc) is 2.66. The second-order valence-electron chi connectivity index (χ2n) is 6.66. The average molecular weight is 386 g/mol. The standard InChI is InChI=1S/C20H19FN2O5/c1-26-13-4-2-3-12(5-13)10-27-14-8-23(9-14)20(25)15-6-17-18(7-16(15)21)28-11-19(24)22-17/h2-7,14H,8-11H2,1H3,(H,22,24). The topological polar surface area (TPSA) is 77.1 Å². The number of carbonyl (C=O) groups excluding carboxylic acids is 2. The summed E-state index contributed by atoms with van der Waals surface area (Å²) in [5.41, 5.74) is 1.17. The summed E-state index contributed by atoms with van der Waals surface area (Å²) < 4.78 is 30.4. The summed E-state index contributed by atoms with van der Waals surface area (Å²) in [7, 11) is 1.60. The van der Waals surface area contributed by atoms with Crippen molar-refractivity contribution in [2.75, 3.05) is 32.1 Å². The summed E-state index contributed by atoms with van der Waals surface area (Å²) in [6, 6.07) is 10.00. The summed E-state index contributed by atoms with van der Waals surface area (Å²) in [5, 5.41) is 2.58. The molecule has 0 aromatic heterocycles. The van der Waals surface area contributed by atoms with E-state index in [1.165, 1.54) is 11.0 Å². The Balaban J connectivity index is 1.35. The molecule has 1 saturated heterocycles. The van der Waals surface area contributed by atoms with E-state index in [-0.39, 0.29) is 29.9 Å². The Morgan fingerprint density at radius 3 is 2.93 bits per heavy atom. The largest absolute Gasteiger partial charge is 0.497 e. The van der Waals surface area contributed by atoms with Crippen LogP contribution in [0.3, 0.4) is 0 Å². The Hall–Kier alpha value is -3.13. The highest BCUT2D eigenvalue weighted by molar-refractivity contribution is 6.00. The molecule has 1 fully saturated rings. The number of hydrogen-bond donors (Lipinski definition) is 1. The molecule has 2 heterocycles. The first-order chi connectivity index (χ1) is 13.5. The summed E-state index contributed by atoms with van der Waals surface area (Å²) in [4.78, 5) is 25.5. The fourth-order valence-electron chi connectivity index (χ4n) is 3.12. The number of ether oxygens (including phenoxy) is 3. The van der Waals surface area contributed by atoms with Gasteiger partial charge in [0.1, 0.15) is 17.3 Å². The molecule has 28 heavy (non-hydrogen) atoms. The third-order valence-electron chi connectivity index (χ3n) is 4.69. The van der Waals surface area contributed by atoms with Gasteiger partial charge in [0.2, 0.25) is 0 Å². The molecular weight excluding hydrogens is 367 g/mol. The molecule has 0 unspecified atom stereocenters. The summed E-state index contributed by atoms with van der Waals surface area (Å²) in [6.07, 6.45) is -0.112. The second-order valence-corrected chi connectivity index (χ2v) is 6.66. The van der Waals surface area contributed by atoms with Crippen molar-refractivity contribution in [3.8, 4) is 11.5 Å². The van der Waals surface area contributed by atoms with Crippen LogP contribution in [-0.4, -0.2) is 49.6 Å². The minimum atomic E-state index is -0.680. The van der Waals surface area contributed by atoms with E-state index < -0.39 is 11.7 Å². The molecule has 7 nitrogen and oxygen atoms in total. The molecule has 146 valence electrons. The number of nitrogens with zero attached hydrogens (tertiary/aromatic N) is 1. The van der Waals surface area contributed by atoms with Crippen LogP contribution in [0, 0.1) is 5.82 Å². The highest BCUT2D eigenvalue weighted by Crippen LogP contribution is 2.31. The van der Waals surface area contributed by atoms with E-state index in [0.717, 1.165) is 17.4 Å². The number of amides is 2. The van der Waals surface area contributed by atoms with Crippen LogP contribution in [-0.2, 0) is 16.1 Å². The Morgan fingerprint density at radius 2 is 2.14 bits per heavy atom. The van der Waals surface area contributed by atoms with Gasteiger partial charge in [-0.25, -0.2) is 4.39 Å². The van der Waals surface area contributed by atoms with Crippen molar-refractivity contribution in [1.29, 1.82) is 0 Å². The molecule has 2 amide bonds. The fraction of sp³-hybridized carbons (Fsp3) is 0.300. The molecule has 2 aliphatic heterocycles. The minimum Gasteiger partial charge on any atom is -0.497 e. The smallest absolute Gasteiger partial charge is 0.262 e. The van der Waals surface area contributed by atoms with Gasteiger partial charge in [-0.05, 0) is 23.8 Å². The van der Waals surface area contributed by atoms with Crippen LogP contribution < -0.4 is 14.8 Å². The molecule has 0 aliphatic carbocycles. The highest BCUT2D eigenvalue weighted by Gasteiger charge is 2.34. The predicted molar refractivity (Wildman–Crippen MR) is 98.0 cm³/mol. The Bertz CT molecular complexity index is 927. The lowest BCUT2D eigenvalue weighted by Crippen LogP contribution is -2.54. The lowest BCUT2D eigenvalue weighted by molar-refractivity contribution is -0.118. The zero-order valence-corrected chi connectivity index (χ0v) is 15.2. The van der Waals surface area contributed by atoms with Crippen molar-refractivity contribution in [2.24, 2.45) is 0 Å². The third kappa shape index (κ3) is 3.63. The van der Waals surface area contributed by atoms with E-state index in [0.29, 0.717) is 25.4 Å². The van der Waals surface area contributed by atoms with Crippen molar-refractivity contribution in [1.82, 2.24) is 4.90 Å². The predicted octanol–water partition coefficient (Wildman–Crippen LogP) is 2.21. The van der Waals surface area contributed by atoms with Gasteiger partial charge in [-0.1, -0.05) is 12.1 Å². The first-order valence-corrected chi connectivity index (χ1v) is 8.83. The van der Waals surface area contributed by atoms with E-state index in [1.54, 1.807) is 7.11 Å². The van der Waals surface area contributed by atoms with E-state index in [1.807, 2.05) is 24.3 Å². The maximum Gasteiger partial charge on any atom is 0.262 e. The van der Waals surface area contributed by atoms with Gasteiger partial charge in [0.25, 0.3) is 11.8 Å². The van der Waals surface area contributed by atoms with Gasteiger partial charge in [-0.15, -0.1) is 0 Å². The van der Waals surface area contributed by atoms with Crippen LogP contribution in [0.2, 0.25) is 0 Å². The van der Waals surface area contributed by atoms with Crippen LogP contribution in [0.5, 0.6) is 11.5 Å². The van der Waals surface area contributed by atoms with Gasteiger partial charge in [0, 0.05) is 19.2 Å². The first kappa shape index (κ1) is 18.2. The number of benzene rings is 2. The van der Waals surface area contributed by atoms with Crippen LogP contribution in [0.15, 0.2) is 36.4 Å². The van der Waals surface area contributed by atoms with E-state index in [2.05, 4.69) is 5.32 Å². The molecular formula is C20H19FN2O5. The van der Waals surface area contributed by atoms with E-state index in [9.17, 15) is 14.0 Å². The minimum absolute atomic E-state index is 0.101. The molecule has 8 heteroatoms. The Labute approximate surface area is 161 Å². The van der Waals surface area contributed by atoms with Crippen molar-refractivity contribution in [3.63, 3.8) is 0 Å². The first-order valence-electron chi connectivity index (χ1n) is 8.83. The molecule has 1 N–H and O–H groups in total.